The van der Waals surface area contributed by atoms with Gasteiger partial charge in [-0.2, -0.15) is 0 Å². The van der Waals surface area contributed by atoms with Gasteiger partial charge in [-0.15, -0.1) is 0 Å². The molecule has 88 valence electrons. The van der Waals surface area contributed by atoms with Crippen molar-refractivity contribution in [3.63, 3.8) is 0 Å². The molecule has 0 saturated heterocycles. The molecule has 1 saturated carbocycles. The van der Waals surface area contributed by atoms with Crippen LogP contribution in [-0.2, 0) is 4.79 Å². The minimum atomic E-state index is -0.700. The lowest BCUT2D eigenvalue weighted by Crippen LogP contribution is -2.37. The SMILES string of the molecule is CCC(N)C(CC(=O)O)C1CCCCC1. The van der Waals surface area contributed by atoms with E-state index in [4.69, 9.17) is 10.8 Å². The summed E-state index contributed by atoms with van der Waals surface area (Å²) in [7, 11) is 0. The number of carboxylic acids is 1. The van der Waals surface area contributed by atoms with E-state index in [0.29, 0.717) is 5.92 Å². The minimum Gasteiger partial charge on any atom is -0.481 e. The molecular weight excluding hydrogens is 190 g/mol. The summed E-state index contributed by atoms with van der Waals surface area (Å²) in [5.41, 5.74) is 6.03. The van der Waals surface area contributed by atoms with Crippen molar-refractivity contribution in [2.75, 3.05) is 0 Å². The van der Waals surface area contributed by atoms with Crippen LogP contribution in [0.25, 0.3) is 0 Å². The average Bonchev–Trinajstić information content (AvgIpc) is 2.26. The first-order chi connectivity index (χ1) is 7.15. The van der Waals surface area contributed by atoms with Crippen LogP contribution in [0.4, 0.5) is 0 Å². The highest BCUT2D eigenvalue weighted by Crippen LogP contribution is 2.33. The average molecular weight is 213 g/mol. The molecule has 2 unspecified atom stereocenters. The van der Waals surface area contributed by atoms with E-state index in [1.165, 1.54) is 32.1 Å². The van der Waals surface area contributed by atoms with Crippen LogP contribution < -0.4 is 5.73 Å². The number of carbonyl (C=O) groups is 1. The van der Waals surface area contributed by atoms with Gasteiger partial charge in [0.15, 0.2) is 0 Å². The molecule has 0 bridgehead atoms. The van der Waals surface area contributed by atoms with E-state index in [-0.39, 0.29) is 18.4 Å². The van der Waals surface area contributed by atoms with E-state index in [1.54, 1.807) is 0 Å². The van der Waals surface area contributed by atoms with Crippen molar-refractivity contribution >= 4 is 5.97 Å². The fraction of sp³-hybridized carbons (Fsp3) is 0.917. The van der Waals surface area contributed by atoms with Crippen molar-refractivity contribution in [1.29, 1.82) is 0 Å². The van der Waals surface area contributed by atoms with Crippen molar-refractivity contribution in [2.45, 2.75) is 57.9 Å². The van der Waals surface area contributed by atoms with Crippen LogP contribution in [0.5, 0.6) is 0 Å². The van der Waals surface area contributed by atoms with Crippen LogP contribution in [0.15, 0.2) is 0 Å². The van der Waals surface area contributed by atoms with Crippen molar-refractivity contribution < 1.29 is 9.90 Å². The monoisotopic (exact) mass is 213 g/mol. The highest BCUT2D eigenvalue weighted by Gasteiger charge is 2.29. The molecule has 0 radical (unpaired) electrons. The van der Waals surface area contributed by atoms with E-state index in [1.807, 2.05) is 6.92 Å². The Bertz CT molecular complexity index is 200. The van der Waals surface area contributed by atoms with Gasteiger partial charge in [-0.3, -0.25) is 4.79 Å². The number of aliphatic carboxylic acids is 1. The van der Waals surface area contributed by atoms with Gasteiger partial charge in [-0.05, 0) is 18.3 Å². The molecule has 3 nitrogen and oxygen atoms in total. The molecule has 1 aliphatic rings. The molecule has 0 heterocycles. The quantitative estimate of drug-likeness (QED) is 0.737. The van der Waals surface area contributed by atoms with Gasteiger partial charge in [0.2, 0.25) is 0 Å². The summed E-state index contributed by atoms with van der Waals surface area (Å²) in [5, 5.41) is 8.90. The summed E-state index contributed by atoms with van der Waals surface area (Å²) in [6.45, 7) is 2.04. The topological polar surface area (TPSA) is 63.3 Å². The number of carboxylic acid groups (broad SMARTS) is 1. The normalized spacial score (nSPS) is 22.3. The fourth-order valence-electron chi connectivity index (χ4n) is 2.73. The fourth-order valence-corrected chi connectivity index (χ4v) is 2.73. The Kier molecular flexibility index (Phi) is 5.09. The van der Waals surface area contributed by atoms with Crippen molar-refractivity contribution in [1.82, 2.24) is 0 Å². The van der Waals surface area contributed by atoms with Crippen LogP contribution in [0.3, 0.4) is 0 Å². The predicted octanol–water partition coefficient (Wildman–Crippen LogP) is 2.39. The number of hydrogen-bond donors (Lipinski definition) is 2. The summed E-state index contributed by atoms with van der Waals surface area (Å²) in [6.07, 6.45) is 7.28. The van der Waals surface area contributed by atoms with E-state index < -0.39 is 5.97 Å². The first kappa shape index (κ1) is 12.5. The van der Waals surface area contributed by atoms with Crippen LogP contribution >= 0.6 is 0 Å². The molecule has 3 heteroatoms. The number of nitrogens with two attached hydrogens (primary N) is 1. The molecule has 0 spiro atoms. The molecule has 0 aromatic heterocycles. The third-order valence-electron chi connectivity index (χ3n) is 3.69. The molecule has 1 rings (SSSR count). The molecule has 3 N–H and O–H groups in total. The number of hydrogen-bond acceptors (Lipinski definition) is 2. The molecule has 0 aromatic rings. The lowest BCUT2D eigenvalue weighted by molar-refractivity contribution is -0.139. The predicted molar refractivity (Wildman–Crippen MR) is 60.6 cm³/mol. The van der Waals surface area contributed by atoms with Gasteiger partial charge in [0.1, 0.15) is 0 Å². The standard InChI is InChI=1S/C12H23NO2/c1-2-11(13)10(8-12(14)15)9-6-4-3-5-7-9/h9-11H,2-8,13H2,1H3,(H,14,15). The van der Waals surface area contributed by atoms with Gasteiger partial charge in [0, 0.05) is 12.5 Å². The number of rotatable bonds is 5. The van der Waals surface area contributed by atoms with Crippen molar-refractivity contribution in [2.24, 2.45) is 17.6 Å². The molecule has 0 aliphatic heterocycles. The summed E-state index contributed by atoms with van der Waals surface area (Å²) in [4.78, 5) is 10.8. The van der Waals surface area contributed by atoms with Crippen molar-refractivity contribution in [3.05, 3.63) is 0 Å². The zero-order valence-corrected chi connectivity index (χ0v) is 9.61. The molecule has 1 fully saturated rings. The molecular formula is C12H23NO2. The van der Waals surface area contributed by atoms with Gasteiger partial charge in [-0.25, -0.2) is 0 Å². The molecule has 15 heavy (non-hydrogen) atoms. The van der Waals surface area contributed by atoms with E-state index >= 15 is 0 Å². The summed E-state index contributed by atoms with van der Waals surface area (Å²) >= 11 is 0. The first-order valence-corrected chi connectivity index (χ1v) is 6.12. The smallest absolute Gasteiger partial charge is 0.303 e. The second-order valence-electron chi connectivity index (χ2n) is 4.73. The molecule has 2 atom stereocenters. The Labute approximate surface area is 92.0 Å². The second kappa shape index (κ2) is 6.11. The molecule has 0 aromatic carbocycles. The highest BCUT2D eigenvalue weighted by atomic mass is 16.4. The van der Waals surface area contributed by atoms with Crippen molar-refractivity contribution in [3.8, 4) is 0 Å². The summed E-state index contributed by atoms with van der Waals surface area (Å²) < 4.78 is 0. The largest absolute Gasteiger partial charge is 0.481 e. The first-order valence-electron chi connectivity index (χ1n) is 6.12. The third kappa shape index (κ3) is 3.82. The molecule has 0 amide bonds. The van der Waals surface area contributed by atoms with Gasteiger partial charge < -0.3 is 10.8 Å². The van der Waals surface area contributed by atoms with Crippen LogP contribution in [0.2, 0.25) is 0 Å². The lowest BCUT2D eigenvalue weighted by Gasteiger charge is -2.32. The minimum absolute atomic E-state index is 0.0594. The summed E-state index contributed by atoms with van der Waals surface area (Å²) in [6, 6.07) is 0.0594. The van der Waals surface area contributed by atoms with E-state index in [0.717, 1.165) is 6.42 Å². The van der Waals surface area contributed by atoms with E-state index in [9.17, 15) is 4.79 Å². The van der Waals surface area contributed by atoms with Gasteiger partial charge in [0.25, 0.3) is 0 Å². The zero-order valence-electron chi connectivity index (χ0n) is 9.61. The summed E-state index contributed by atoms with van der Waals surface area (Å²) in [5.74, 6) is 0.0343. The highest BCUT2D eigenvalue weighted by molar-refractivity contribution is 5.67. The zero-order chi connectivity index (χ0) is 11.3. The lowest BCUT2D eigenvalue weighted by atomic mass is 9.75. The Hall–Kier alpha value is -0.570. The van der Waals surface area contributed by atoms with Crippen LogP contribution in [0, 0.1) is 11.8 Å². The van der Waals surface area contributed by atoms with Gasteiger partial charge in [0.05, 0.1) is 0 Å². The van der Waals surface area contributed by atoms with Gasteiger partial charge >= 0.3 is 5.97 Å². The van der Waals surface area contributed by atoms with Crippen LogP contribution in [-0.4, -0.2) is 17.1 Å². The third-order valence-corrected chi connectivity index (χ3v) is 3.69. The van der Waals surface area contributed by atoms with Crippen LogP contribution in [0.1, 0.15) is 51.9 Å². The maximum Gasteiger partial charge on any atom is 0.303 e. The van der Waals surface area contributed by atoms with Gasteiger partial charge in [-0.1, -0.05) is 39.0 Å². The Morgan fingerprint density at radius 1 is 1.40 bits per heavy atom. The molecule has 1 aliphatic carbocycles. The Balaban J connectivity index is 2.56. The Morgan fingerprint density at radius 3 is 2.47 bits per heavy atom. The van der Waals surface area contributed by atoms with E-state index in [2.05, 4.69) is 0 Å². The maximum absolute atomic E-state index is 10.8. The maximum atomic E-state index is 10.8. The Morgan fingerprint density at radius 2 is 2.00 bits per heavy atom. The second-order valence-corrected chi connectivity index (χ2v) is 4.73.